The van der Waals surface area contributed by atoms with Gasteiger partial charge < -0.3 is 20.3 Å². The lowest BCUT2D eigenvalue weighted by molar-refractivity contribution is -0.158. The summed E-state index contributed by atoms with van der Waals surface area (Å²) in [7, 11) is 3.09. The standard InChI is InChI=1S/C10H20N2O5/c1-10(16,9(14)15)7-12(2)6-8(13)11-4-5-17-3/h16H,4-7H2,1-3H3,(H,11,13)(H,14,15). The highest BCUT2D eigenvalue weighted by atomic mass is 16.5. The first-order chi connectivity index (χ1) is 7.79. The van der Waals surface area contributed by atoms with Gasteiger partial charge in [0.05, 0.1) is 13.2 Å². The van der Waals surface area contributed by atoms with Crippen LogP contribution >= 0.6 is 0 Å². The smallest absolute Gasteiger partial charge is 0.336 e. The summed E-state index contributed by atoms with van der Waals surface area (Å²) in [4.78, 5) is 23.4. The van der Waals surface area contributed by atoms with Crippen molar-refractivity contribution in [2.45, 2.75) is 12.5 Å². The van der Waals surface area contributed by atoms with Crippen LogP contribution in [0.2, 0.25) is 0 Å². The van der Waals surface area contributed by atoms with Crippen LogP contribution in [0.1, 0.15) is 6.92 Å². The molecule has 0 aromatic carbocycles. The number of ether oxygens (including phenoxy) is 1. The molecule has 0 aromatic rings. The van der Waals surface area contributed by atoms with Crippen molar-refractivity contribution in [1.82, 2.24) is 10.2 Å². The lowest BCUT2D eigenvalue weighted by Crippen LogP contribution is -2.48. The number of rotatable bonds is 8. The molecule has 0 aromatic heterocycles. The van der Waals surface area contributed by atoms with Crippen LogP contribution < -0.4 is 5.32 Å². The predicted molar refractivity (Wildman–Crippen MR) is 60.6 cm³/mol. The second-order valence-corrected chi connectivity index (χ2v) is 4.09. The summed E-state index contributed by atoms with van der Waals surface area (Å²) in [6.45, 7) is 1.91. The molecule has 0 radical (unpaired) electrons. The number of hydrogen-bond acceptors (Lipinski definition) is 5. The molecule has 0 saturated carbocycles. The number of nitrogens with zero attached hydrogens (tertiary/aromatic N) is 1. The highest BCUT2D eigenvalue weighted by Gasteiger charge is 2.31. The number of carbonyl (C=O) groups excluding carboxylic acids is 1. The van der Waals surface area contributed by atoms with Crippen molar-refractivity contribution in [2.24, 2.45) is 0 Å². The van der Waals surface area contributed by atoms with Crippen molar-refractivity contribution in [3.8, 4) is 0 Å². The molecular weight excluding hydrogens is 228 g/mol. The fourth-order valence-corrected chi connectivity index (χ4v) is 1.24. The molecule has 0 fully saturated rings. The van der Waals surface area contributed by atoms with E-state index in [-0.39, 0.29) is 19.0 Å². The van der Waals surface area contributed by atoms with Gasteiger partial charge in [-0.25, -0.2) is 4.79 Å². The highest BCUT2D eigenvalue weighted by Crippen LogP contribution is 2.04. The fraction of sp³-hybridized carbons (Fsp3) is 0.800. The molecule has 17 heavy (non-hydrogen) atoms. The first-order valence-electron chi connectivity index (χ1n) is 5.19. The number of likely N-dealkylation sites (N-methyl/N-ethyl adjacent to an activating group) is 1. The van der Waals surface area contributed by atoms with E-state index in [9.17, 15) is 14.7 Å². The van der Waals surface area contributed by atoms with Gasteiger partial charge in [-0.1, -0.05) is 0 Å². The van der Waals surface area contributed by atoms with Gasteiger partial charge in [0.2, 0.25) is 5.91 Å². The van der Waals surface area contributed by atoms with Gasteiger partial charge in [-0.15, -0.1) is 0 Å². The number of hydrogen-bond donors (Lipinski definition) is 3. The zero-order valence-corrected chi connectivity index (χ0v) is 10.4. The Morgan fingerprint density at radius 3 is 2.53 bits per heavy atom. The van der Waals surface area contributed by atoms with Crippen LogP contribution in [0.3, 0.4) is 0 Å². The second kappa shape index (κ2) is 7.21. The molecule has 0 spiro atoms. The Morgan fingerprint density at radius 2 is 2.06 bits per heavy atom. The molecule has 1 unspecified atom stereocenters. The van der Waals surface area contributed by atoms with Crippen LogP contribution in [0.15, 0.2) is 0 Å². The van der Waals surface area contributed by atoms with Crippen LogP contribution in [-0.4, -0.2) is 73.0 Å². The Bertz CT molecular complexity index is 267. The third-order valence-corrected chi connectivity index (χ3v) is 2.08. The first kappa shape index (κ1) is 15.8. The van der Waals surface area contributed by atoms with Gasteiger partial charge in [0, 0.05) is 20.2 Å². The van der Waals surface area contributed by atoms with Gasteiger partial charge in [0.25, 0.3) is 0 Å². The van der Waals surface area contributed by atoms with Crippen molar-refractivity contribution in [2.75, 3.05) is 40.4 Å². The molecule has 0 aliphatic rings. The number of carboxylic acids is 1. The maximum atomic E-state index is 11.3. The Labute approximate surface area is 100 Å². The highest BCUT2D eigenvalue weighted by molar-refractivity contribution is 5.79. The quantitative estimate of drug-likeness (QED) is 0.453. The molecule has 0 heterocycles. The summed E-state index contributed by atoms with van der Waals surface area (Å²) in [6, 6.07) is 0. The van der Waals surface area contributed by atoms with Gasteiger partial charge in [0.1, 0.15) is 0 Å². The van der Waals surface area contributed by atoms with E-state index in [1.807, 2.05) is 0 Å². The Morgan fingerprint density at radius 1 is 1.47 bits per heavy atom. The summed E-state index contributed by atoms with van der Waals surface area (Å²) in [5, 5.41) is 20.8. The lowest BCUT2D eigenvalue weighted by Gasteiger charge is -2.24. The number of amides is 1. The third kappa shape index (κ3) is 6.88. The van der Waals surface area contributed by atoms with Crippen molar-refractivity contribution < 1.29 is 24.5 Å². The second-order valence-electron chi connectivity index (χ2n) is 4.09. The average Bonchev–Trinajstić information content (AvgIpc) is 2.16. The van der Waals surface area contributed by atoms with E-state index >= 15 is 0 Å². The molecule has 7 nitrogen and oxygen atoms in total. The van der Waals surface area contributed by atoms with Gasteiger partial charge in [-0.3, -0.25) is 9.69 Å². The van der Waals surface area contributed by atoms with Crippen LogP contribution in [0.5, 0.6) is 0 Å². The molecule has 0 bridgehead atoms. The molecule has 0 aliphatic carbocycles. The molecule has 100 valence electrons. The van der Waals surface area contributed by atoms with Crippen LogP contribution in [0, 0.1) is 0 Å². The summed E-state index contributed by atoms with van der Waals surface area (Å²) >= 11 is 0. The van der Waals surface area contributed by atoms with Gasteiger partial charge in [-0.2, -0.15) is 0 Å². The first-order valence-corrected chi connectivity index (χ1v) is 5.19. The molecule has 1 atom stereocenters. The average molecular weight is 248 g/mol. The van der Waals surface area contributed by atoms with E-state index in [1.165, 1.54) is 18.9 Å². The van der Waals surface area contributed by atoms with E-state index in [4.69, 9.17) is 9.84 Å². The SMILES string of the molecule is COCCNC(=O)CN(C)CC(C)(O)C(=O)O. The van der Waals surface area contributed by atoms with Crippen molar-refractivity contribution in [3.05, 3.63) is 0 Å². The number of aliphatic hydroxyl groups is 1. The topological polar surface area (TPSA) is 99.1 Å². The molecular formula is C10H20N2O5. The van der Waals surface area contributed by atoms with E-state index < -0.39 is 11.6 Å². The molecule has 0 rings (SSSR count). The van der Waals surface area contributed by atoms with Gasteiger partial charge in [0.15, 0.2) is 5.60 Å². The molecule has 1 amide bonds. The molecule has 0 aliphatic heterocycles. The normalized spacial score (nSPS) is 14.4. The monoisotopic (exact) mass is 248 g/mol. The maximum Gasteiger partial charge on any atom is 0.336 e. The summed E-state index contributed by atoms with van der Waals surface area (Å²) in [5.74, 6) is -1.56. The van der Waals surface area contributed by atoms with Crippen LogP contribution in [0.25, 0.3) is 0 Å². The Hall–Kier alpha value is -1.18. The van der Waals surface area contributed by atoms with Crippen LogP contribution in [0.4, 0.5) is 0 Å². The third-order valence-electron chi connectivity index (χ3n) is 2.08. The zero-order chi connectivity index (χ0) is 13.5. The molecule has 7 heteroatoms. The number of carboxylic acid groups (broad SMARTS) is 1. The number of nitrogens with one attached hydrogen (secondary N) is 1. The van der Waals surface area contributed by atoms with E-state index in [0.29, 0.717) is 13.2 Å². The van der Waals surface area contributed by atoms with E-state index in [1.54, 1.807) is 7.05 Å². The van der Waals surface area contributed by atoms with Gasteiger partial charge >= 0.3 is 5.97 Å². The van der Waals surface area contributed by atoms with Crippen molar-refractivity contribution in [3.63, 3.8) is 0 Å². The summed E-state index contributed by atoms with van der Waals surface area (Å²) in [6.07, 6.45) is 0. The minimum absolute atomic E-state index is 0.0210. The summed E-state index contributed by atoms with van der Waals surface area (Å²) in [5.41, 5.74) is -1.86. The predicted octanol–water partition coefficient (Wildman–Crippen LogP) is -1.48. The molecule has 0 saturated heterocycles. The Balaban J connectivity index is 3.97. The Kier molecular flexibility index (Phi) is 6.71. The van der Waals surface area contributed by atoms with Crippen molar-refractivity contribution in [1.29, 1.82) is 0 Å². The van der Waals surface area contributed by atoms with E-state index in [0.717, 1.165) is 0 Å². The number of aliphatic carboxylic acids is 1. The van der Waals surface area contributed by atoms with Crippen LogP contribution in [-0.2, 0) is 14.3 Å². The number of carbonyl (C=O) groups is 2. The maximum absolute atomic E-state index is 11.3. The zero-order valence-electron chi connectivity index (χ0n) is 10.4. The largest absolute Gasteiger partial charge is 0.479 e. The minimum atomic E-state index is -1.86. The molecule has 3 N–H and O–H groups in total. The van der Waals surface area contributed by atoms with E-state index in [2.05, 4.69) is 5.32 Å². The fourth-order valence-electron chi connectivity index (χ4n) is 1.24. The minimum Gasteiger partial charge on any atom is -0.479 e. The lowest BCUT2D eigenvalue weighted by atomic mass is 10.1. The van der Waals surface area contributed by atoms with Gasteiger partial charge in [-0.05, 0) is 14.0 Å². The number of methoxy groups -OCH3 is 1. The summed E-state index contributed by atoms with van der Waals surface area (Å²) < 4.78 is 4.76. The van der Waals surface area contributed by atoms with Crippen molar-refractivity contribution >= 4 is 11.9 Å².